The Morgan fingerprint density at radius 3 is 2.50 bits per heavy atom. The van der Waals surface area contributed by atoms with Crippen LogP contribution < -0.4 is 10.1 Å². The first kappa shape index (κ1) is 18.0. The number of nitrogens with one attached hydrogen (secondary N) is 1. The molecule has 0 spiro atoms. The van der Waals surface area contributed by atoms with E-state index in [9.17, 15) is 4.79 Å². The van der Waals surface area contributed by atoms with Gasteiger partial charge in [0.1, 0.15) is 10.7 Å². The van der Waals surface area contributed by atoms with Crippen LogP contribution in [0.5, 0.6) is 5.75 Å². The van der Waals surface area contributed by atoms with Crippen molar-refractivity contribution in [1.29, 1.82) is 0 Å². The van der Waals surface area contributed by atoms with Crippen LogP contribution in [-0.4, -0.2) is 15.9 Å². The molecule has 6 heteroatoms. The van der Waals surface area contributed by atoms with Crippen LogP contribution >= 0.6 is 23.8 Å². The fraction of sp³-hybridized carbons (Fsp3) is 0.0500. The first-order valence-corrected chi connectivity index (χ1v) is 8.63. The summed E-state index contributed by atoms with van der Waals surface area (Å²) in [6, 6.07) is 17.4. The van der Waals surface area contributed by atoms with Gasteiger partial charge < -0.3 is 10.1 Å². The summed E-state index contributed by atoms with van der Waals surface area (Å²) in [7, 11) is 0. The highest BCUT2D eigenvalue weighted by molar-refractivity contribution is 7.81. The van der Waals surface area contributed by atoms with Gasteiger partial charge in [0.05, 0.1) is 10.6 Å². The van der Waals surface area contributed by atoms with Crippen molar-refractivity contribution in [1.82, 2.24) is 4.98 Å². The Bertz CT molecular complexity index is 958. The smallest absolute Gasteiger partial charge is 0.343 e. The molecule has 4 nitrogen and oxygen atoms in total. The van der Waals surface area contributed by atoms with Gasteiger partial charge in [0.25, 0.3) is 0 Å². The topological polar surface area (TPSA) is 51.2 Å². The molecule has 0 amide bonds. The number of para-hydroxylation sites is 1. The summed E-state index contributed by atoms with van der Waals surface area (Å²) in [5.41, 5.74) is 2.90. The molecule has 1 heterocycles. The van der Waals surface area contributed by atoms with Gasteiger partial charge in [-0.25, -0.2) is 4.79 Å². The van der Waals surface area contributed by atoms with E-state index >= 15 is 0 Å². The number of carbonyl (C=O) groups is 1. The van der Waals surface area contributed by atoms with Crippen molar-refractivity contribution >= 4 is 40.5 Å². The predicted octanol–water partition coefficient (Wildman–Crippen LogP) is 5.05. The van der Waals surface area contributed by atoms with Gasteiger partial charge in [-0.2, -0.15) is 0 Å². The molecule has 130 valence electrons. The first-order chi connectivity index (χ1) is 12.5. The summed E-state index contributed by atoms with van der Waals surface area (Å²) in [6.45, 7) is 1.90. The molecule has 0 bridgehead atoms. The van der Waals surface area contributed by atoms with Crippen molar-refractivity contribution in [2.75, 3.05) is 5.32 Å². The number of aryl methyl sites for hydroxylation is 1. The lowest BCUT2D eigenvalue weighted by atomic mass is 10.2. The Kier molecular flexibility index (Phi) is 5.61. The number of carbonyl (C=O) groups excluding carboxylic acids is 1. The fourth-order valence-corrected chi connectivity index (χ4v) is 2.81. The van der Waals surface area contributed by atoms with Gasteiger partial charge in [-0.3, -0.25) is 4.98 Å². The Morgan fingerprint density at radius 2 is 1.81 bits per heavy atom. The van der Waals surface area contributed by atoms with Gasteiger partial charge in [0.2, 0.25) is 0 Å². The minimum atomic E-state index is -0.477. The van der Waals surface area contributed by atoms with E-state index in [4.69, 9.17) is 28.6 Å². The van der Waals surface area contributed by atoms with E-state index in [0.29, 0.717) is 21.3 Å². The first-order valence-electron chi connectivity index (χ1n) is 7.84. The van der Waals surface area contributed by atoms with Gasteiger partial charge in [-0.15, -0.1) is 0 Å². The van der Waals surface area contributed by atoms with Crippen LogP contribution in [0.1, 0.15) is 21.6 Å². The number of benzene rings is 2. The minimum absolute atomic E-state index is 0.328. The molecule has 0 saturated heterocycles. The molecule has 0 radical (unpaired) electrons. The van der Waals surface area contributed by atoms with Crippen LogP contribution in [-0.2, 0) is 0 Å². The molecule has 2 aromatic carbocycles. The Balaban J connectivity index is 1.68. The highest BCUT2D eigenvalue weighted by atomic mass is 35.5. The molecule has 3 rings (SSSR count). The number of anilines is 1. The zero-order valence-corrected chi connectivity index (χ0v) is 15.5. The van der Waals surface area contributed by atoms with E-state index in [1.54, 1.807) is 54.7 Å². The van der Waals surface area contributed by atoms with Gasteiger partial charge in [-0.05, 0) is 55.5 Å². The average molecular weight is 383 g/mol. The predicted molar refractivity (Wildman–Crippen MR) is 107 cm³/mol. The molecule has 0 fully saturated rings. The molecule has 26 heavy (non-hydrogen) atoms. The second-order valence-electron chi connectivity index (χ2n) is 5.49. The molecule has 1 aromatic heterocycles. The molecule has 0 aliphatic rings. The van der Waals surface area contributed by atoms with E-state index in [1.807, 2.05) is 19.1 Å². The lowest BCUT2D eigenvalue weighted by Gasteiger charge is -2.10. The van der Waals surface area contributed by atoms with Crippen molar-refractivity contribution in [3.05, 3.63) is 88.7 Å². The number of thiocarbonyl (C=S) groups is 1. The molecule has 3 aromatic rings. The Labute approximate surface area is 161 Å². The number of nitrogens with zero attached hydrogens (tertiary/aromatic N) is 1. The van der Waals surface area contributed by atoms with Gasteiger partial charge in [0.15, 0.2) is 0 Å². The second kappa shape index (κ2) is 8.08. The number of aromatic nitrogens is 1. The quantitative estimate of drug-likeness (QED) is 0.388. The molecule has 0 saturated carbocycles. The second-order valence-corrected chi connectivity index (χ2v) is 6.30. The molecule has 0 atom stereocenters. The third-order valence-corrected chi connectivity index (χ3v) is 4.30. The van der Waals surface area contributed by atoms with Crippen LogP contribution in [0.25, 0.3) is 0 Å². The molecule has 1 N–H and O–H groups in total. The average Bonchev–Trinajstić information content (AvgIpc) is 2.64. The zero-order chi connectivity index (χ0) is 18.5. The summed E-state index contributed by atoms with van der Waals surface area (Å²) in [4.78, 5) is 17.0. The maximum Gasteiger partial charge on any atom is 0.343 e. The standard InChI is InChI=1S/C20H15ClN2O2S/c1-13-16(5-4-12-22-13)19(26)23-15-10-8-14(9-11-15)20(24)25-18-7-3-2-6-17(18)21/h2-12H,1H3,(H,23,26). The Morgan fingerprint density at radius 1 is 1.08 bits per heavy atom. The van der Waals surface area contributed by atoms with Gasteiger partial charge in [-0.1, -0.05) is 36.0 Å². The highest BCUT2D eigenvalue weighted by Crippen LogP contribution is 2.24. The lowest BCUT2D eigenvalue weighted by molar-refractivity contribution is 0.0735. The summed E-state index contributed by atoms with van der Waals surface area (Å²) in [5, 5.41) is 3.53. The normalized spacial score (nSPS) is 10.2. The van der Waals surface area contributed by atoms with Crippen molar-refractivity contribution in [2.45, 2.75) is 6.92 Å². The molecular weight excluding hydrogens is 368 g/mol. The van der Waals surface area contributed by atoms with E-state index < -0.39 is 5.97 Å². The van der Waals surface area contributed by atoms with E-state index in [2.05, 4.69) is 10.3 Å². The highest BCUT2D eigenvalue weighted by Gasteiger charge is 2.11. The summed E-state index contributed by atoms with van der Waals surface area (Å²) < 4.78 is 5.31. The summed E-state index contributed by atoms with van der Waals surface area (Å²) >= 11 is 11.4. The number of esters is 1. The van der Waals surface area contributed by atoms with E-state index in [0.717, 1.165) is 16.9 Å². The Hall–Kier alpha value is -2.76. The van der Waals surface area contributed by atoms with Crippen molar-refractivity contribution in [3.8, 4) is 5.75 Å². The number of hydrogen-bond donors (Lipinski definition) is 1. The largest absolute Gasteiger partial charge is 0.421 e. The molecule has 0 unspecified atom stereocenters. The molecule has 0 aliphatic heterocycles. The summed E-state index contributed by atoms with van der Waals surface area (Å²) in [5.74, 6) is -0.148. The fourth-order valence-electron chi connectivity index (χ4n) is 2.30. The van der Waals surface area contributed by atoms with Crippen LogP contribution in [0.3, 0.4) is 0 Å². The lowest BCUT2D eigenvalue weighted by Crippen LogP contribution is -2.13. The monoisotopic (exact) mass is 382 g/mol. The zero-order valence-electron chi connectivity index (χ0n) is 13.9. The van der Waals surface area contributed by atoms with Crippen LogP contribution in [0, 0.1) is 6.92 Å². The van der Waals surface area contributed by atoms with Crippen molar-refractivity contribution < 1.29 is 9.53 Å². The van der Waals surface area contributed by atoms with Gasteiger partial charge >= 0.3 is 5.97 Å². The maximum absolute atomic E-state index is 12.2. The van der Waals surface area contributed by atoms with Crippen molar-refractivity contribution in [3.63, 3.8) is 0 Å². The minimum Gasteiger partial charge on any atom is -0.421 e. The number of pyridine rings is 1. The van der Waals surface area contributed by atoms with Crippen LogP contribution in [0.4, 0.5) is 5.69 Å². The van der Waals surface area contributed by atoms with Crippen LogP contribution in [0.2, 0.25) is 5.02 Å². The van der Waals surface area contributed by atoms with E-state index in [1.165, 1.54) is 0 Å². The number of hydrogen-bond acceptors (Lipinski definition) is 4. The SMILES string of the molecule is Cc1ncccc1C(=S)Nc1ccc(C(=O)Oc2ccccc2Cl)cc1. The number of rotatable bonds is 4. The molecule has 0 aliphatic carbocycles. The van der Waals surface area contributed by atoms with Gasteiger partial charge in [0, 0.05) is 23.1 Å². The maximum atomic E-state index is 12.2. The number of ether oxygens (including phenoxy) is 1. The molecular formula is C20H15ClN2O2S. The summed E-state index contributed by atoms with van der Waals surface area (Å²) in [6.07, 6.45) is 1.72. The third-order valence-electron chi connectivity index (χ3n) is 3.67. The van der Waals surface area contributed by atoms with Crippen molar-refractivity contribution in [2.24, 2.45) is 0 Å². The third kappa shape index (κ3) is 4.25. The van der Waals surface area contributed by atoms with E-state index in [-0.39, 0.29) is 0 Å². The number of halogens is 1. The van der Waals surface area contributed by atoms with Crippen LogP contribution in [0.15, 0.2) is 66.9 Å².